The molecule has 1 atom stereocenters. The number of hydrogen-bond acceptors (Lipinski definition) is 3. The minimum Gasteiger partial charge on any atom is -0.389 e. The second-order valence-electron chi connectivity index (χ2n) is 5.20. The van der Waals surface area contributed by atoms with E-state index in [-0.39, 0.29) is 17.4 Å². The predicted octanol–water partition coefficient (Wildman–Crippen LogP) is 1.65. The molecule has 0 aliphatic carbocycles. The maximum absolute atomic E-state index is 11.6. The molecule has 0 aliphatic heterocycles. The maximum atomic E-state index is 11.6. The van der Waals surface area contributed by atoms with Crippen molar-refractivity contribution in [3.63, 3.8) is 0 Å². The van der Waals surface area contributed by atoms with Crippen LogP contribution in [0, 0.1) is 0 Å². The summed E-state index contributed by atoms with van der Waals surface area (Å²) in [6.07, 6.45) is 3.92. The number of unbranched alkanes of at least 4 members (excludes halogenated alkanes) is 1. The number of rotatable bonds is 9. The second kappa shape index (κ2) is 10.3. The SMILES string of the molecule is C=C(C(=O)NCCCCNC(=O)/C=C/c1ccccc1)[C@H](C)O. The molecule has 0 radical (unpaired) electrons. The van der Waals surface area contributed by atoms with E-state index in [4.69, 9.17) is 0 Å². The molecule has 5 heteroatoms. The molecule has 0 saturated heterocycles. The molecule has 1 aromatic carbocycles. The summed E-state index contributed by atoms with van der Waals surface area (Å²) < 4.78 is 0. The minimum atomic E-state index is -0.842. The van der Waals surface area contributed by atoms with Crippen molar-refractivity contribution >= 4 is 17.9 Å². The van der Waals surface area contributed by atoms with E-state index in [1.165, 1.54) is 13.0 Å². The third-order valence-corrected chi connectivity index (χ3v) is 3.21. The van der Waals surface area contributed by atoms with Gasteiger partial charge in [0.05, 0.1) is 6.10 Å². The van der Waals surface area contributed by atoms with Crippen LogP contribution in [0.15, 0.2) is 48.6 Å². The summed E-state index contributed by atoms with van der Waals surface area (Å²) in [6, 6.07) is 9.60. The van der Waals surface area contributed by atoms with Crippen molar-refractivity contribution < 1.29 is 14.7 Å². The van der Waals surface area contributed by atoms with Crippen molar-refractivity contribution in [1.29, 1.82) is 0 Å². The lowest BCUT2D eigenvalue weighted by Gasteiger charge is -2.09. The Labute approximate surface area is 137 Å². The first-order chi connectivity index (χ1) is 11.0. The van der Waals surface area contributed by atoms with Crippen molar-refractivity contribution in [2.75, 3.05) is 13.1 Å². The second-order valence-corrected chi connectivity index (χ2v) is 5.20. The van der Waals surface area contributed by atoms with E-state index in [1.807, 2.05) is 30.3 Å². The fourth-order valence-corrected chi connectivity index (χ4v) is 1.76. The van der Waals surface area contributed by atoms with E-state index in [0.717, 1.165) is 18.4 Å². The van der Waals surface area contributed by atoms with Crippen LogP contribution in [-0.2, 0) is 9.59 Å². The number of carbonyl (C=O) groups is 2. The maximum Gasteiger partial charge on any atom is 0.249 e. The van der Waals surface area contributed by atoms with Gasteiger partial charge in [0.2, 0.25) is 11.8 Å². The average molecular weight is 316 g/mol. The summed E-state index contributed by atoms with van der Waals surface area (Å²) >= 11 is 0. The highest BCUT2D eigenvalue weighted by Gasteiger charge is 2.10. The molecule has 3 N–H and O–H groups in total. The molecule has 0 aromatic heterocycles. The van der Waals surface area contributed by atoms with E-state index >= 15 is 0 Å². The summed E-state index contributed by atoms with van der Waals surface area (Å²) in [6.45, 7) is 6.04. The number of amides is 2. The lowest BCUT2D eigenvalue weighted by molar-refractivity contribution is -0.118. The van der Waals surface area contributed by atoms with Gasteiger partial charge in [-0.25, -0.2) is 0 Å². The van der Waals surface area contributed by atoms with E-state index in [9.17, 15) is 14.7 Å². The molecule has 0 fully saturated rings. The number of nitrogens with one attached hydrogen (secondary N) is 2. The molecule has 0 aliphatic rings. The number of aliphatic hydroxyl groups is 1. The van der Waals surface area contributed by atoms with E-state index in [2.05, 4.69) is 17.2 Å². The minimum absolute atomic E-state index is 0.139. The summed E-state index contributed by atoms with van der Waals surface area (Å²) in [4.78, 5) is 23.1. The molecule has 23 heavy (non-hydrogen) atoms. The molecule has 5 nitrogen and oxygen atoms in total. The highest BCUT2D eigenvalue weighted by atomic mass is 16.3. The zero-order valence-corrected chi connectivity index (χ0v) is 13.4. The number of carbonyl (C=O) groups excluding carboxylic acids is 2. The first-order valence-electron chi connectivity index (χ1n) is 7.66. The third-order valence-electron chi connectivity index (χ3n) is 3.21. The van der Waals surface area contributed by atoms with E-state index in [1.54, 1.807) is 6.08 Å². The topological polar surface area (TPSA) is 78.4 Å². The molecule has 0 spiro atoms. The van der Waals surface area contributed by atoms with E-state index < -0.39 is 6.10 Å². The summed E-state index contributed by atoms with van der Waals surface area (Å²) in [5, 5.41) is 14.7. The van der Waals surface area contributed by atoms with Crippen molar-refractivity contribution in [3.05, 3.63) is 54.1 Å². The van der Waals surface area contributed by atoms with Crippen molar-refractivity contribution in [3.8, 4) is 0 Å². The Kier molecular flexibility index (Phi) is 8.39. The van der Waals surface area contributed by atoms with Crippen LogP contribution in [0.2, 0.25) is 0 Å². The molecule has 0 heterocycles. The first-order valence-corrected chi connectivity index (χ1v) is 7.66. The monoisotopic (exact) mass is 316 g/mol. The fraction of sp³-hybridized carbons (Fsp3) is 0.333. The van der Waals surface area contributed by atoms with Crippen molar-refractivity contribution in [2.24, 2.45) is 0 Å². The highest BCUT2D eigenvalue weighted by Crippen LogP contribution is 2.00. The summed E-state index contributed by atoms with van der Waals surface area (Å²) in [7, 11) is 0. The normalized spacial score (nSPS) is 11.9. The fourth-order valence-electron chi connectivity index (χ4n) is 1.76. The van der Waals surface area contributed by atoms with Gasteiger partial charge in [0.1, 0.15) is 0 Å². The number of hydrogen-bond donors (Lipinski definition) is 3. The Morgan fingerprint density at radius 3 is 2.39 bits per heavy atom. The lowest BCUT2D eigenvalue weighted by Crippen LogP contribution is -2.30. The van der Waals surface area contributed by atoms with Gasteiger partial charge in [-0.05, 0) is 31.4 Å². The quantitative estimate of drug-likeness (QED) is 0.479. The average Bonchev–Trinajstić information content (AvgIpc) is 2.56. The van der Waals surface area contributed by atoms with Gasteiger partial charge in [-0.3, -0.25) is 9.59 Å². The van der Waals surface area contributed by atoms with Gasteiger partial charge >= 0.3 is 0 Å². The van der Waals surface area contributed by atoms with Crippen LogP contribution in [0.4, 0.5) is 0 Å². The molecular weight excluding hydrogens is 292 g/mol. The first kappa shape index (κ1) is 18.6. The van der Waals surface area contributed by atoms with Gasteiger partial charge in [-0.1, -0.05) is 36.9 Å². The van der Waals surface area contributed by atoms with Gasteiger partial charge in [-0.15, -0.1) is 0 Å². The van der Waals surface area contributed by atoms with Crippen LogP contribution in [0.3, 0.4) is 0 Å². The Morgan fingerprint density at radius 1 is 1.17 bits per heavy atom. The van der Waals surface area contributed by atoms with Crippen LogP contribution in [0.1, 0.15) is 25.3 Å². The smallest absolute Gasteiger partial charge is 0.249 e. The third kappa shape index (κ3) is 7.97. The Bertz CT molecular complexity index is 551. The largest absolute Gasteiger partial charge is 0.389 e. The zero-order chi connectivity index (χ0) is 17.1. The van der Waals surface area contributed by atoms with Crippen molar-refractivity contribution in [1.82, 2.24) is 10.6 Å². The van der Waals surface area contributed by atoms with Crippen LogP contribution in [0.5, 0.6) is 0 Å². The predicted molar refractivity (Wildman–Crippen MR) is 91.6 cm³/mol. The standard InChI is InChI=1S/C18H24N2O3/c1-14(15(2)21)18(23)20-13-7-6-12-19-17(22)11-10-16-8-4-3-5-9-16/h3-5,8-11,15,21H,1,6-7,12-13H2,2H3,(H,19,22)(H,20,23)/b11-10+/t15-/m0/s1. The van der Waals surface area contributed by atoms with Crippen LogP contribution in [0.25, 0.3) is 6.08 Å². The number of benzene rings is 1. The van der Waals surface area contributed by atoms with E-state index in [0.29, 0.717) is 13.1 Å². The molecule has 0 unspecified atom stereocenters. The zero-order valence-electron chi connectivity index (χ0n) is 13.4. The lowest BCUT2D eigenvalue weighted by atomic mass is 10.2. The number of aliphatic hydroxyl groups excluding tert-OH is 1. The van der Waals surface area contributed by atoms with Crippen molar-refractivity contribution in [2.45, 2.75) is 25.9 Å². The van der Waals surface area contributed by atoms with Gasteiger partial charge < -0.3 is 15.7 Å². The van der Waals surface area contributed by atoms with Gasteiger partial charge in [-0.2, -0.15) is 0 Å². The van der Waals surface area contributed by atoms with Gasteiger partial charge in [0, 0.05) is 24.7 Å². The van der Waals surface area contributed by atoms with Crippen LogP contribution >= 0.6 is 0 Å². The molecule has 2 amide bonds. The Hall–Kier alpha value is -2.40. The van der Waals surface area contributed by atoms with Gasteiger partial charge in [0.25, 0.3) is 0 Å². The highest BCUT2D eigenvalue weighted by molar-refractivity contribution is 5.93. The summed E-state index contributed by atoms with van der Waals surface area (Å²) in [5.74, 6) is -0.477. The summed E-state index contributed by atoms with van der Waals surface area (Å²) in [5.41, 5.74) is 1.13. The molecule has 124 valence electrons. The molecular formula is C18H24N2O3. The van der Waals surface area contributed by atoms with Gasteiger partial charge in [0.15, 0.2) is 0 Å². The molecule has 1 aromatic rings. The molecule has 0 saturated carbocycles. The Balaban J connectivity index is 2.11. The van der Waals surface area contributed by atoms with Crippen LogP contribution < -0.4 is 10.6 Å². The molecule has 1 rings (SSSR count). The molecule has 0 bridgehead atoms. The van der Waals surface area contributed by atoms with Crippen LogP contribution in [-0.4, -0.2) is 36.1 Å². The Morgan fingerprint density at radius 2 is 1.78 bits per heavy atom.